The van der Waals surface area contributed by atoms with Crippen LogP contribution >= 0.6 is 0 Å². The van der Waals surface area contributed by atoms with Gasteiger partial charge in [0.25, 0.3) is 5.91 Å². The van der Waals surface area contributed by atoms with E-state index in [1.165, 1.54) is 0 Å². The van der Waals surface area contributed by atoms with Gasteiger partial charge in [-0.1, -0.05) is 18.2 Å². The zero-order valence-electron chi connectivity index (χ0n) is 18.0. The third-order valence-corrected chi connectivity index (χ3v) is 4.94. The number of carboxylic acids is 1. The van der Waals surface area contributed by atoms with E-state index in [1.54, 1.807) is 27.5 Å². The van der Waals surface area contributed by atoms with Crippen LogP contribution in [0.1, 0.15) is 16.1 Å². The van der Waals surface area contributed by atoms with Gasteiger partial charge in [-0.25, -0.2) is 9.78 Å². The third kappa shape index (κ3) is 6.03. The molecule has 9 nitrogen and oxygen atoms in total. The minimum Gasteiger partial charge on any atom is -0.497 e. The fraction of sp³-hybridized carbons (Fsp3) is 0.273. The molecule has 4 rings (SSSR count). The Bertz CT molecular complexity index is 1160. The van der Waals surface area contributed by atoms with Crippen molar-refractivity contribution in [3.05, 3.63) is 66.1 Å². The minimum absolute atomic E-state index is 0.0661. The first-order valence-electron chi connectivity index (χ1n) is 10.0. The van der Waals surface area contributed by atoms with Crippen LogP contribution < -0.4 is 4.74 Å². The van der Waals surface area contributed by atoms with Crippen LogP contribution in [-0.2, 0) is 16.1 Å². The van der Waals surface area contributed by atoms with Crippen molar-refractivity contribution in [1.29, 1.82) is 0 Å². The van der Waals surface area contributed by atoms with E-state index in [0.29, 0.717) is 31.0 Å². The molecule has 34 heavy (non-hydrogen) atoms. The van der Waals surface area contributed by atoms with Crippen molar-refractivity contribution in [2.24, 2.45) is 0 Å². The Kier molecular flexibility index (Phi) is 7.39. The van der Waals surface area contributed by atoms with Gasteiger partial charge in [0.1, 0.15) is 23.6 Å². The summed E-state index contributed by atoms with van der Waals surface area (Å²) in [6, 6.07) is 13.2. The van der Waals surface area contributed by atoms with Crippen LogP contribution in [0.5, 0.6) is 5.75 Å². The molecule has 1 fully saturated rings. The van der Waals surface area contributed by atoms with Crippen molar-refractivity contribution in [1.82, 2.24) is 19.2 Å². The highest BCUT2D eigenvalue weighted by Crippen LogP contribution is 2.17. The first-order chi connectivity index (χ1) is 16.1. The largest absolute Gasteiger partial charge is 0.497 e. The van der Waals surface area contributed by atoms with Gasteiger partial charge in [-0.05, 0) is 29.8 Å². The Hall–Kier alpha value is -4.09. The summed E-state index contributed by atoms with van der Waals surface area (Å²) in [6.07, 6.45) is -1.54. The Morgan fingerprint density at radius 1 is 1.15 bits per heavy atom. The van der Waals surface area contributed by atoms with Gasteiger partial charge >= 0.3 is 12.1 Å². The number of alkyl halides is 3. The average molecular weight is 478 g/mol. The molecular formula is C22H21F3N4O5. The highest BCUT2D eigenvalue weighted by molar-refractivity contribution is 5.96. The number of aromatic nitrogens is 2. The molecule has 1 N–H and O–H groups in total. The maximum atomic E-state index is 12.7. The van der Waals surface area contributed by atoms with Crippen LogP contribution in [0.3, 0.4) is 0 Å². The van der Waals surface area contributed by atoms with E-state index >= 15 is 0 Å². The summed E-state index contributed by atoms with van der Waals surface area (Å²) in [5.41, 5.74) is 2.07. The predicted octanol–water partition coefficient (Wildman–Crippen LogP) is 2.46. The number of benzene rings is 1. The van der Waals surface area contributed by atoms with Crippen LogP contribution in [0.4, 0.5) is 13.2 Å². The molecule has 0 saturated carbocycles. The second-order valence-corrected chi connectivity index (χ2v) is 7.29. The van der Waals surface area contributed by atoms with E-state index in [0.717, 1.165) is 11.3 Å². The number of amides is 2. The highest BCUT2D eigenvalue weighted by atomic mass is 19.4. The number of imidazole rings is 1. The van der Waals surface area contributed by atoms with E-state index < -0.39 is 12.1 Å². The van der Waals surface area contributed by atoms with E-state index in [9.17, 15) is 22.8 Å². The first kappa shape index (κ1) is 24.6. The van der Waals surface area contributed by atoms with Crippen LogP contribution in [0.15, 0.2) is 54.9 Å². The third-order valence-electron chi connectivity index (χ3n) is 4.94. The number of aliphatic carboxylic acids is 1. The fourth-order valence-corrected chi connectivity index (χ4v) is 3.24. The molecule has 1 aromatic carbocycles. The van der Waals surface area contributed by atoms with E-state index in [1.807, 2.05) is 48.7 Å². The number of pyridine rings is 1. The summed E-state index contributed by atoms with van der Waals surface area (Å²) in [6.45, 7) is 1.56. The number of nitrogens with zero attached hydrogens (tertiary/aromatic N) is 4. The maximum absolute atomic E-state index is 12.7. The van der Waals surface area contributed by atoms with Gasteiger partial charge < -0.3 is 24.0 Å². The van der Waals surface area contributed by atoms with Crippen LogP contribution in [0, 0.1) is 0 Å². The molecule has 1 aliphatic heterocycles. The summed E-state index contributed by atoms with van der Waals surface area (Å²) >= 11 is 0. The number of piperazine rings is 1. The van der Waals surface area contributed by atoms with Gasteiger partial charge in [-0.3, -0.25) is 9.59 Å². The number of ether oxygens (including phenoxy) is 1. The fourth-order valence-electron chi connectivity index (χ4n) is 3.24. The molecule has 2 amide bonds. The molecule has 0 unspecified atom stereocenters. The summed E-state index contributed by atoms with van der Waals surface area (Å²) in [5.74, 6) is -2.28. The van der Waals surface area contributed by atoms with Gasteiger partial charge in [0.2, 0.25) is 5.91 Å². The van der Waals surface area contributed by atoms with Crippen molar-refractivity contribution < 1.29 is 37.4 Å². The molecule has 0 bridgehead atoms. The lowest BCUT2D eigenvalue weighted by molar-refractivity contribution is -0.192. The Morgan fingerprint density at radius 2 is 1.88 bits per heavy atom. The monoisotopic (exact) mass is 478 g/mol. The molecule has 12 heteroatoms. The zero-order valence-corrected chi connectivity index (χ0v) is 18.0. The highest BCUT2D eigenvalue weighted by Gasteiger charge is 2.38. The maximum Gasteiger partial charge on any atom is 0.490 e. The molecule has 0 aliphatic carbocycles. The number of fused-ring (bicyclic) bond motifs is 1. The molecule has 3 aromatic rings. The molecule has 0 spiro atoms. The van der Waals surface area contributed by atoms with Gasteiger partial charge in [-0.2, -0.15) is 13.2 Å². The number of carbonyl (C=O) groups excluding carboxylic acids is 2. The Balaban J connectivity index is 0.000000406. The number of methoxy groups -OCH3 is 1. The van der Waals surface area contributed by atoms with Crippen molar-refractivity contribution in [2.75, 3.05) is 26.7 Å². The van der Waals surface area contributed by atoms with Gasteiger partial charge in [0.05, 0.1) is 7.11 Å². The summed E-state index contributed by atoms with van der Waals surface area (Å²) in [4.78, 5) is 41.8. The number of hydrogen-bond acceptors (Lipinski definition) is 5. The number of carbonyl (C=O) groups is 3. The van der Waals surface area contributed by atoms with E-state index in [4.69, 9.17) is 14.6 Å². The number of rotatable bonds is 4. The Morgan fingerprint density at radius 3 is 2.50 bits per heavy atom. The molecule has 1 aliphatic rings. The quantitative estimate of drug-likeness (QED) is 0.618. The van der Waals surface area contributed by atoms with Gasteiger partial charge in [0, 0.05) is 32.0 Å². The molecular weight excluding hydrogens is 457 g/mol. The van der Waals surface area contributed by atoms with E-state index in [-0.39, 0.29) is 18.4 Å². The lowest BCUT2D eigenvalue weighted by Crippen LogP contribution is -2.51. The van der Waals surface area contributed by atoms with Crippen LogP contribution in [0.2, 0.25) is 0 Å². The lowest BCUT2D eigenvalue weighted by Gasteiger charge is -2.34. The second kappa shape index (κ2) is 10.2. The first-order valence-corrected chi connectivity index (χ1v) is 10.0. The number of hydrogen-bond donors (Lipinski definition) is 1. The molecule has 0 radical (unpaired) electrons. The normalized spacial score (nSPS) is 13.9. The van der Waals surface area contributed by atoms with Crippen molar-refractivity contribution in [2.45, 2.75) is 12.7 Å². The van der Waals surface area contributed by atoms with Gasteiger partial charge in [0.15, 0.2) is 0 Å². The summed E-state index contributed by atoms with van der Waals surface area (Å²) < 4.78 is 38.8. The lowest BCUT2D eigenvalue weighted by atomic mass is 10.2. The molecule has 1 saturated heterocycles. The Labute approximate surface area is 192 Å². The summed E-state index contributed by atoms with van der Waals surface area (Å²) in [5, 5.41) is 7.12. The zero-order chi connectivity index (χ0) is 24.9. The summed E-state index contributed by atoms with van der Waals surface area (Å²) in [7, 11) is 1.62. The second-order valence-electron chi connectivity index (χ2n) is 7.29. The van der Waals surface area contributed by atoms with E-state index in [2.05, 4.69) is 4.98 Å². The number of carboxylic acid groups (broad SMARTS) is 1. The van der Waals surface area contributed by atoms with Crippen molar-refractivity contribution >= 4 is 23.4 Å². The smallest absolute Gasteiger partial charge is 0.490 e. The molecule has 0 atom stereocenters. The molecule has 3 heterocycles. The average Bonchev–Trinajstić information content (AvgIpc) is 3.24. The molecule has 2 aromatic heterocycles. The van der Waals surface area contributed by atoms with Crippen molar-refractivity contribution in [3.63, 3.8) is 0 Å². The SMILES string of the molecule is COc1cccc(CN2CCN(C(=O)c3cn4ccccc4n3)CC2=O)c1.O=C(O)C(F)(F)F. The standard InChI is InChI=1S/C20H20N4O3.C2HF3O2/c1-27-16-6-4-5-15(11-16)12-23-9-10-24(14-19(23)25)20(26)17-13-22-8-3-2-7-18(22)21-17;3-2(4,5)1(6)7/h2-8,11,13H,9-10,12,14H2,1H3;(H,6,7). The van der Waals surface area contributed by atoms with Gasteiger partial charge in [-0.15, -0.1) is 0 Å². The van der Waals surface area contributed by atoms with Crippen molar-refractivity contribution in [3.8, 4) is 5.75 Å². The number of halogens is 3. The molecule has 180 valence electrons. The predicted molar refractivity (Wildman–Crippen MR) is 113 cm³/mol. The van der Waals surface area contributed by atoms with Crippen LogP contribution in [-0.4, -0.2) is 75.0 Å². The van der Waals surface area contributed by atoms with Crippen LogP contribution in [0.25, 0.3) is 5.65 Å². The topological polar surface area (TPSA) is 104 Å². The minimum atomic E-state index is -5.08.